The molecular formula is C18H20N4. The maximum absolute atomic E-state index is 4.57. The van der Waals surface area contributed by atoms with E-state index in [1.807, 2.05) is 12.3 Å². The molecule has 4 nitrogen and oxygen atoms in total. The molecule has 1 saturated carbocycles. The first-order valence-electron chi connectivity index (χ1n) is 8.01. The number of benzene rings is 1. The van der Waals surface area contributed by atoms with Gasteiger partial charge < -0.3 is 5.32 Å². The molecule has 112 valence electrons. The topological polar surface area (TPSA) is 53.6 Å². The summed E-state index contributed by atoms with van der Waals surface area (Å²) in [6.07, 6.45) is 8.92. The van der Waals surface area contributed by atoms with Crippen LogP contribution in [0.15, 0.2) is 42.7 Å². The molecule has 4 heteroatoms. The average Bonchev–Trinajstić information content (AvgIpc) is 3.22. The van der Waals surface area contributed by atoms with Gasteiger partial charge in [-0.25, -0.2) is 0 Å². The molecular weight excluding hydrogens is 272 g/mol. The highest BCUT2D eigenvalue weighted by Gasteiger charge is 2.21. The van der Waals surface area contributed by atoms with Gasteiger partial charge in [0.2, 0.25) is 0 Å². The summed E-state index contributed by atoms with van der Waals surface area (Å²) in [6.45, 7) is 0.781. The van der Waals surface area contributed by atoms with Crippen LogP contribution < -0.4 is 5.32 Å². The Morgan fingerprint density at radius 1 is 1.18 bits per heavy atom. The molecule has 1 fully saturated rings. The quantitative estimate of drug-likeness (QED) is 0.756. The number of hydrogen-bond donors (Lipinski definition) is 2. The lowest BCUT2D eigenvalue weighted by molar-refractivity contribution is 0.698. The minimum absolute atomic E-state index is 0.642. The van der Waals surface area contributed by atoms with Gasteiger partial charge >= 0.3 is 0 Å². The molecule has 0 unspecified atom stereocenters. The zero-order valence-electron chi connectivity index (χ0n) is 12.5. The van der Waals surface area contributed by atoms with Crippen LogP contribution in [0.25, 0.3) is 10.9 Å². The number of nitrogens with one attached hydrogen (secondary N) is 2. The van der Waals surface area contributed by atoms with Crippen molar-refractivity contribution in [2.24, 2.45) is 0 Å². The molecule has 2 aromatic heterocycles. The number of pyridine rings is 1. The van der Waals surface area contributed by atoms with E-state index in [1.165, 1.54) is 42.3 Å². The van der Waals surface area contributed by atoms with Crippen LogP contribution in [0.1, 0.15) is 42.9 Å². The molecule has 0 amide bonds. The van der Waals surface area contributed by atoms with Gasteiger partial charge in [0.15, 0.2) is 0 Å². The Labute approximate surface area is 130 Å². The Morgan fingerprint density at radius 2 is 2.09 bits per heavy atom. The zero-order chi connectivity index (χ0) is 14.8. The third-order valence-electron chi connectivity index (χ3n) is 4.55. The van der Waals surface area contributed by atoms with Crippen LogP contribution in [0.3, 0.4) is 0 Å². The molecule has 1 aliphatic rings. The first kappa shape index (κ1) is 13.3. The molecule has 0 aliphatic heterocycles. The van der Waals surface area contributed by atoms with Gasteiger partial charge in [-0.1, -0.05) is 18.9 Å². The number of aromatic nitrogens is 3. The van der Waals surface area contributed by atoms with Gasteiger partial charge in [-0.15, -0.1) is 0 Å². The van der Waals surface area contributed by atoms with Crippen LogP contribution in [0.2, 0.25) is 0 Å². The second-order valence-corrected chi connectivity index (χ2v) is 6.07. The average molecular weight is 292 g/mol. The van der Waals surface area contributed by atoms with Gasteiger partial charge in [0.05, 0.1) is 11.2 Å². The number of anilines is 1. The summed E-state index contributed by atoms with van der Waals surface area (Å²) >= 11 is 0. The predicted octanol–water partition coefficient (Wildman–Crippen LogP) is 4.23. The highest BCUT2D eigenvalue weighted by atomic mass is 15.1. The van der Waals surface area contributed by atoms with Crippen LogP contribution in [-0.4, -0.2) is 15.2 Å². The summed E-state index contributed by atoms with van der Waals surface area (Å²) in [7, 11) is 0. The Morgan fingerprint density at radius 3 is 2.91 bits per heavy atom. The van der Waals surface area contributed by atoms with E-state index in [4.69, 9.17) is 0 Å². The minimum Gasteiger partial charge on any atom is -0.381 e. The van der Waals surface area contributed by atoms with Gasteiger partial charge in [0.25, 0.3) is 0 Å². The lowest BCUT2D eigenvalue weighted by Crippen LogP contribution is -1.99. The van der Waals surface area contributed by atoms with E-state index in [-0.39, 0.29) is 0 Å². The smallest absolute Gasteiger partial charge is 0.0731 e. The number of fused-ring (bicyclic) bond motifs is 1. The van der Waals surface area contributed by atoms with Crippen molar-refractivity contribution < 1.29 is 0 Å². The summed E-state index contributed by atoms with van der Waals surface area (Å²) in [5.41, 5.74) is 4.67. The first-order valence-corrected chi connectivity index (χ1v) is 8.01. The normalized spacial score (nSPS) is 15.5. The van der Waals surface area contributed by atoms with Crippen LogP contribution >= 0.6 is 0 Å². The van der Waals surface area contributed by atoms with Crippen molar-refractivity contribution in [1.82, 2.24) is 15.2 Å². The fraction of sp³-hybridized carbons (Fsp3) is 0.333. The summed E-state index contributed by atoms with van der Waals surface area (Å²) in [6, 6.07) is 10.5. The van der Waals surface area contributed by atoms with E-state index in [2.05, 4.69) is 44.8 Å². The van der Waals surface area contributed by atoms with E-state index < -0.39 is 0 Å². The highest BCUT2D eigenvalue weighted by Crippen LogP contribution is 2.36. The monoisotopic (exact) mass is 292 g/mol. The maximum Gasteiger partial charge on any atom is 0.0731 e. The summed E-state index contributed by atoms with van der Waals surface area (Å²) in [5.74, 6) is 0.642. The van der Waals surface area contributed by atoms with Crippen molar-refractivity contribution in [3.63, 3.8) is 0 Å². The number of nitrogens with zero attached hydrogens (tertiary/aromatic N) is 2. The standard InChI is InChI=1S/C18H20N4/c1-2-6-14(5-1)18-16-8-7-15(10-17(16)21-22-18)20-12-13-4-3-9-19-11-13/h3-4,7-11,14,20H,1-2,5-6,12H2,(H,21,22). The van der Waals surface area contributed by atoms with Crippen molar-refractivity contribution in [2.75, 3.05) is 5.32 Å². The highest BCUT2D eigenvalue weighted by molar-refractivity contribution is 5.85. The third kappa shape index (κ3) is 2.56. The fourth-order valence-corrected chi connectivity index (χ4v) is 3.37. The molecule has 0 atom stereocenters. The Kier molecular flexibility index (Phi) is 3.51. The molecule has 2 N–H and O–H groups in total. The lowest BCUT2D eigenvalue weighted by atomic mass is 10.0. The van der Waals surface area contributed by atoms with Crippen molar-refractivity contribution in [3.05, 3.63) is 54.0 Å². The molecule has 0 saturated heterocycles. The van der Waals surface area contributed by atoms with Crippen LogP contribution in [0.5, 0.6) is 0 Å². The fourth-order valence-electron chi connectivity index (χ4n) is 3.37. The number of H-pyrrole nitrogens is 1. The SMILES string of the molecule is c1cncc(CNc2ccc3c(C4CCCC4)n[nH]c3c2)c1. The van der Waals surface area contributed by atoms with E-state index in [1.54, 1.807) is 6.20 Å². The molecule has 22 heavy (non-hydrogen) atoms. The molecule has 4 rings (SSSR count). The third-order valence-corrected chi connectivity index (χ3v) is 4.55. The van der Waals surface area contributed by atoms with Gasteiger partial charge in [-0.3, -0.25) is 10.1 Å². The number of rotatable bonds is 4. The lowest BCUT2D eigenvalue weighted by Gasteiger charge is -2.08. The molecule has 1 aliphatic carbocycles. The van der Waals surface area contributed by atoms with Crippen molar-refractivity contribution in [2.45, 2.75) is 38.1 Å². The molecule has 0 radical (unpaired) electrons. The Bertz CT molecular complexity index is 757. The van der Waals surface area contributed by atoms with Crippen molar-refractivity contribution in [1.29, 1.82) is 0 Å². The van der Waals surface area contributed by atoms with Crippen LogP contribution in [0, 0.1) is 0 Å². The zero-order valence-corrected chi connectivity index (χ0v) is 12.5. The van der Waals surface area contributed by atoms with Gasteiger partial charge in [0.1, 0.15) is 0 Å². The maximum atomic E-state index is 4.57. The van der Waals surface area contributed by atoms with Gasteiger partial charge in [-0.05, 0) is 42.7 Å². The van der Waals surface area contributed by atoms with Crippen molar-refractivity contribution >= 4 is 16.6 Å². The van der Waals surface area contributed by atoms with E-state index in [0.717, 1.165) is 17.7 Å². The Hall–Kier alpha value is -2.36. The molecule has 3 aromatic rings. The summed E-state index contributed by atoms with van der Waals surface area (Å²) < 4.78 is 0. The molecule has 1 aromatic carbocycles. The number of hydrogen-bond acceptors (Lipinski definition) is 3. The van der Waals surface area contributed by atoms with E-state index >= 15 is 0 Å². The second kappa shape index (κ2) is 5.79. The minimum atomic E-state index is 0.642. The molecule has 0 spiro atoms. The largest absolute Gasteiger partial charge is 0.381 e. The van der Waals surface area contributed by atoms with Crippen LogP contribution in [-0.2, 0) is 6.54 Å². The van der Waals surface area contributed by atoms with Crippen LogP contribution in [0.4, 0.5) is 5.69 Å². The predicted molar refractivity (Wildman–Crippen MR) is 88.9 cm³/mol. The van der Waals surface area contributed by atoms with E-state index in [9.17, 15) is 0 Å². The van der Waals surface area contributed by atoms with Gasteiger partial charge in [0, 0.05) is 35.9 Å². The van der Waals surface area contributed by atoms with Crippen molar-refractivity contribution in [3.8, 4) is 0 Å². The van der Waals surface area contributed by atoms with E-state index in [0.29, 0.717) is 5.92 Å². The summed E-state index contributed by atoms with van der Waals surface area (Å²) in [5, 5.41) is 12.5. The second-order valence-electron chi connectivity index (χ2n) is 6.07. The first-order chi connectivity index (χ1) is 10.9. The summed E-state index contributed by atoms with van der Waals surface area (Å²) in [4.78, 5) is 4.14. The number of aromatic amines is 1. The Balaban J connectivity index is 1.54. The molecule has 0 bridgehead atoms. The molecule has 2 heterocycles. The van der Waals surface area contributed by atoms with Gasteiger partial charge in [-0.2, -0.15) is 5.10 Å².